The van der Waals surface area contributed by atoms with E-state index in [1.54, 1.807) is 12.1 Å². The number of fused-ring (bicyclic) bond motifs is 1. The number of hydrogen-bond acceptors (Lipinski definition) is 4. The van der Waals surface area contributed by atoms with Crippen LogP contribution in [0.2, 0.25) is 0 Å². The Bertz CT molecular complexity index is 569. The van der Waals surface area contributed by atoms with Crippen LogP contribution < -0.4 is 10.1 Å². The SMILES string of the molecule is CCC(Oc1ccccc1F)C(=O)NCC1CN2CCCC2CO1. The molecule has 3 unspecified atom stereocenters. The molecule has 2 heterocycles. The number of nitrogens with zero attached hydrogens (tertiary/aromatic N) is 1. The molecule has 5 nitrogen and oxygen atoms in total. The first-order valence-electron chi connectivity index (χ1n) is 8.72. The first-order valence-corrected chi connectivity index (χ1v) is 8.72. The highest BCUT2D eigenvalue weighted by atomic mass is 19.1. The topological polar surface area (TPSA) is 50.8 Å². The Morgan fingerprint density at radius 1 is 1.50 bits per heavy atom. The molecule has 2 saturated heterocycles. The second-order valence-corrected chi connectivity index (χ2v) is 6.44. The highest BCUT2D eigenvalue weighted by molar-refractivity contribution is 5.81. The molecule has 24 heavy (non-hydrogen) atoms. The molecular weight excluding hydrogens is 311 g/mol. The summed E-state index contributed by atoms with van der Waals surface area (Å²) in [5, 5.41) is 2.88. The van der Waals surface area contributed by atoms with Gasteiger partial charge in [-0.05, 0) is 37.9 Å². The zero-order valence-electron chi connectivity index (χ0n) is 14.0. The molecule has 3 rings (SSSR count). The van der Waals surface area contributed by atoms with Crippen LogP contribution in [0, 0.1) is 5.82 Å². The number of carbonyl (C=O) groups excluding carboxylic acids is 1. The third-order valence-electron chi connectivity index (χ3n) is 4.73. The Labute approximate surface area is 142 Å². The van der Waals surface area contributed by atoms with E-state index >= 15 is 0 Å². The lowest BCUT2D eigenvalue weighted by molar-refractivity contribution is -0.129. The Morgan fingerprint density at radius 2 is 2.33 bits per heavy atom. The predicted octanol–water partition coefficient (Wildman–Crippen LogP) is 1.96. The van der Waals surface area contributed by atoms with Gasteiger partial charge < -0.3 is 14.8 Å². The molecule has 1 aromatic rings. The van der Waals surface area contributed by atoms with Crippen LogP contribution in [0.3, 0.4) is 0 Å². The molecular formula is C18H25FN2O3. The van der Waals surface area contributed by atoms with Crippen LogP contribution in [0.15, 0.2) is 24.3 Å². The summed E-state index contributed by atoms with van der Waals surface area (Å²) < 4.78 is 25.0. The average Bonchev–Trinajstić information content (AvgIpc) is 3.06. The van der Waals surface area contributed by atoms with E-state index in [9.17, 15) is 9.18 Å². The van der Waals surface area contributed by atoms with Crippen LogP contribution in [0.5, 0.6) is 5.75 Å². The molecule has 132 valence electrons. The van der Waals surface area contributed by atoms with Crippen LogP contribution in [0.25, 0.3) is 0 Å². The Hall–Kier alpha value is -1.66. The monoisotopic (exact) mass is 336 g/mol. The van der Waals surface area contributed by atoms with Gasteiger partial charge in [-0.1, -0.05) is 19.1 Å². The fourth-order valence-corrected chi connectivity index (χ4v) is 3.35. The number of carbonyl (C=O) groups is 1. The van der Waals surface area contributed by atoms with Gasteiger partial charge in [0.15, 0.2) is 17.7 Å². The maximum Gasteiger partial charge on any atom is 0.261 e. The first kappa shape index (κ1) is 17.2. The molecule has 2 aliphatic rings. The van der Waals surface area contributed by atoms with Crippen molar-refractivity contribution in [3.63, 3.8) is 0 Å². The number of halogens is 1. The molecule has 1 amide bonds. The third kappa shape index (κ3) is 4.05. The van der Waals surface area contributed by atoms with Gasteiger partial charge in [0, 0.05) is 19.1 Å². The quantitative estimate of drug-likeness (QED) is 0.863. The average molecular weight is 336 g/mol. The number of para-hydroxylation sites is 1. The van der Waals surface area contributed by atoms with Crippen LogP contribution in [0.4, 0.5) is 4.39 Å². The minimum Gasteiger partial charge on any atom is -0.478 e. The van der Waals surface area contributed by atoms with Gasteiger partial charge in [-0.3, -0.25) is 9.69 Å². The van der Waals surface area contributed by atoms with Crippen LogP contribution >= 0.6 is 0 Å². The third-order valence-corrected chi connectivity index (χ3v) is 4.73. The van der Waals surface area contributed by atoms with E-state index in [4.69, 9.17) is 9.47 Å². The summed E-state index contributed by atoms with van der Waals surface area (Å²) >= 11 is 0. The van der Waals surface area contributed by atoms with Gasteiger partial charge in [0.1, 0.15) is 0 Å². The van der Waals surface area contributed by atoms with Crippen molar-refractivity contribution in [3.8, 4) is 5.75 Å². The molecule has 0 bridgehead atoms. The summed E-state index contributed by atoms with van der Waals surface area (Å²) in [4.78, 5) is 14.8. The smallest absolute Gasteiger partial charge is 0.261 e. The van der Waals surface area contributed by atoms with Gasteiger partial charge in [-0.25, -0.2) is 4.39 Å². The van der Waals surface area contributed by atoms with E-state index in [-0.39, 0.29) is 17.8 Å². The standard InChI is InChI=1S/C18H25FN2O3/c1-2-16(24-17-8-4-3-7-15(17)19)18(22)20-10-14-11-21-9-5-6-13(21)12-23-14/h3-4,7-8,13-14,16H,2,5-6,9-12H2,1H3,(H,20,22). The van der Waals surface area contributed by atoms with Crippen LogP contribution in [0.1, 0.15) is 26.2 Å². The Balaban J connectivity index is 1.49. The fourth-order valence-electron chi connectivity index (χ4n) is 3.35. The van der Waals surface area contributed by atoms with Crippen LogP contribution in [-0.4, -0.2) is 55.3 Å². The normalized spacial score (nSPS) is 25.1. The van der Waals surface area contributed by atoms with Crippen LogP contribution in [-0.2, 0) is 9.53 Å². The van der Waals surface area contributed by atoms with Gasteiger partial charge in [-0.2, -0.15) is 0 Å². The lowest BCUT2D eigenvalue weighted by atomic mass is 10.2. The number of benzene rings is 1. The summed E-state index contributed by atoms with van der Waals surface area (Å²) in [5.74, 6) is -0.583. The van der Waals surface area contributed by atoms with E-state index in [2.05, 4.69) is 10.2 Å². The van der Waals surface area contributed by atoms with Crippen molar-refractivity contribution in [1.29, 1.82) is 0 Å². The van der Waals surface area contributed by atoms with E-state index < -0.39 is 11.9 Å². The highest BCUT2D eigenvalue weighted by Crippen LogP contribution is 2.22. The molecule has 1 N–H and O–H groups in total. The van der Waals surface area contributed by atoms with Crippen molar-refractivity contribution in [2.75, 3.05) is 26.2 Å². The van der Waals surface area contributed by atoms with Crippen molar-refractivity contribution in [2.45, 2.75) is 44.4 Å². The van der Waals surface area contributed by atoms with E-state index in [0.717, 1.165) is 19.7 Å². The summed E-state index contributed by atoms with van der Waals surface area (Å²) in [6.45, 7) is 5.02. The van der Waals surface area contributed by atoms with Gasteiger partial charge in [0.05, 0.1) is 12.7 Å². The number of hydrogen-bond donors (Lipinski definition) is 1. The van der Waals surface area contributed by atoms with E-state index in [1.165, 1.54) is 25.0 Å². The zero-order valence-corrected chi connectivity index (χ0v) is 14.0. The van der Waals surface area contributed by atoms with Crippen molar-refractivity contribution in [1.82, 2.24) is 10.2 Å². The highest BCUT2D eigenvalue weighted by Gasteiger charge is 2.32. The van der Waals surface area contributed by atoms with Crippen molar-refractivity contribution >= 4 is 5.91 Å². The number of nitrogens with one attached hydrogen (secondary N) is 1. The van der Waals surface area contributed by atoms with Crippen molar-refractivity contribution in [2.24, 2.45) is 0 Å². The molecule has 0 spiro atoms. The molecule has 0 saturated carbocycles. The number of rotatable bonds is 6. The van der Waals surface area contributed by atoms with Gasteiger partial charge in [-0.15, -0.1) is 0 Å². The molecule has 6 heteroatoms. The molecule has 2 aliphatic heterocycles. The molecule has 0 aliphatic carbocycles. The van der Waals surface area contributed by atoms with Gasteiger partial charge in [0.25, 0.3) is 5.91 Å². The molecule has 3 atom stereocenters. The summed E-state index contributed by atoms with van der Waals surface area (Å²) in [7, 11) is 0. The summed E-state index contributed by atoms with van der Waals surface area (Å²) in [6, 6.07) is 6.68. The van der Waals surface area contributed by atoms with Crippen molar-refractivity contribution in [3.05, 3.63) is 30.1 Å². The second kappa shape index (κ2) is 7.94. The molecule has 0 aromatic heterocycles. The van der Waals surface area contributed by atoms with Crippen molar-refractivity contribution < 1.29 is 18.7 Å². The summed E-state index contributed by atoms with van der Waals surface area (Å²) in [6.07, 6.45) is 2.20. The number of ether oxygens (including phenoxy) is 2. The second-order valence-electron chi connectivity index (χ2n) is 6.44. The Morgan fingerprint density at radius 3 is 3.12 bits per heavy atom. The molecule has 2 fully saturated rings. The number of morpholine rings is 1. The van der Waals surface area contributed by atoms with Gasteiger partial charge in [0.2, 0.25) is 0 Å². The molecule has 1 aromatic carbocycles. The fraction of sp³-hybridized carbons (Fsp3) is 0.611. The lowest BCUT2D eigenvalue weighted by Crippen LogP contribution is -2.51. The largest absolute Gasteiger partial charge is 0.478 e. The summed E-state index contributed by atoms with van der Waals surface area (Å²) in [5.41, 5.74) is 0. The first-order chi connectivity index (χ1) is 11.7. The maximum atomic E-state index is 13.7. The van der Waals surface area contributed by atoms with E-state index in [1.807, 2.05) is 6.92 Å². The predicted molar refractivity (Wildman–Crippen MR) is 88.5 cm³/mol. The van der Waals surface area contributed by atoms with E-state index in [0.29, 0.717) is 19.0 Å². The minimum atomic E-state index is -0.704. The Kier molecular flexibility index (Phi) is 5.68. The zero-order chi connectivity index (χ0) is 16.9. The van der Waals surface area contributed by atoms with Gasteiger partial charge >= 0.3 is 0 Å². The lowest BCUT2D eigenvalue weighted by Gasteiger charge is -2.35. The number of amides is 1. The minimum absolute atomic E-state index is 0.00858. The molecule has 0 radical (unpaired) electrons. The maximum absolute atomic E-state index is 13.7.